The summed E-state index contributed by atoms with van der Waals surface area (Å²) in [6.07, 6.45) is 0.720. The topological polar surface area (TPSA) is 68.9 Å². The number of anilines is 1. The van der Waals surface area contributed by atoms with E-state index in [4.69, 9.17) is 15.2 Å². The third-order valence-corrected chi connectivity index (χ3v) is 3.20. The lowest BCUT2D eigenvalue weighted by molar-refractivity contribution is 0.399. The number of hydrogen-bond acceptors (Lipinski definition) is 3. The van der Waals surface area contributed by atoms with Crippen LogP contribution < -0.4 is 20.5 Å². The van der Waals surface area contributed by atoms with Gasteiger partial charge in [0.2, 0.25) is 0 Å². The van der Waals surface area contributed by atoms with Gasteiger partial charge in [0.1, 0.15) is 11.5 Å². The molecule has 0 aromatic heterocycles. The van der Waals surface area contributed by atoms with E-state index < -0.39 is 0 Å². The van der Waals surface area contributed by atoms with Gasteiger partial charge in [0.05, 0.1) is 14.2 Å². The van der Waals surface area contributed by atoms with E-state index in [1.807, 2.05) is 48.5 Å². The molecular formula is C17H21N3O2. The van der Waals surface area contributed by atoms with Crippen LogP contribution in [-0.4, -0.2) is 26.7 Å². The highest BCUT2D eigenvalue weighted by Crippen LogP contribution is 2.24. The third-order valence-electron chi connectivity index (χ3n) is 3.20. The maximum atomic E-state index is 5.88. The smallest absolute Gasteiger partial charge is 0.193 e. The summed E-state index contributed by atoms with van der Waals surface area (Å²) >= 11 is 0. The minimum absolute atomic E-state index is 0.396. The van der Waals surface area contributed by atoms with Crippen molar-refractivity contribution >= 4 is 11.6 Å². The predicted octanol–water partition coefficient (Wildman–Crippen LogP) is 2.67. The highest BCUT2D eigenvalue weighted by atomic mass is 16.5. The van der Waals surface area contributed by atoms with Gasteiger partial charge in [-0.3, -0.25) is 4.99 Å². The fourth-order valence-electron chi connectivity index (χ4n) is 2.08. The van der Waals surface area contributed by atoms with Gasteiger partial charge in [0.15, 0.2) is 5.96 Å². The predicted molar refractivity (Wildman–Crippen MR) is 89.8 cm³/mol. The van der Waals surface area contributed by atoms with Crippen molar-refractivity contribution < 1.29 is 9.47 Å². The SMILES string of the molecule is COc1ccc(OC)c(CCN=C(N)Nc2ccccc2)c1. The van der Waals surface area contributed by atoms with E-state index in [0.717, 1.165) is 29.2 Å². The summed E-state index contributed by atoms with van der Waals surface area (Å²) in [4.78, 5) is 4.33. The molecule has 5 nitrogen and oxygen atoms in total. The van der Waals surface area contributed by atoms with Gasteiger partial charge in [0, 0.05) is 12.2 Å². The lowest BCUT2D eigenvalue weighted by Gasteiger charge is -2.10. The summed E-state index contributed by atoms with van der Waals surface area (Å²) < 4.78 is 10.6. The molecule has 3 N–H and O–H groups in total. The van der Waals surface area contributed by atoms with Gasteiger partial charge in [-0.1, -0.05) is 18.2 Å². The minimum atomic E-state index is 0.396. The number of ether oxygens (including phenoxy) is 2. The molecule has 0 fully saturated rings. The van der Waals surface area contributed by atoms with Crippen molar-refractivity contribution in [2.45, 2.75) is 6.42 Å². The van der Waals surface area contributed by atoms with E-state index in [-0.39, 0.29) is 0 Å². The molecule has 116 valence electrons. The van der Waals surface area contributed by atoms with E-state index in [0.29, 0.717) is 12.5 Å². The zero-order valence-corrected chi connectivity index (χ0v) is 12.9. The largest absolute Gasteiger partial charge is 0.497 e. The fourth-order valence-corrected chi connectivity index (χ4v) is 2.08. The molecule has 0 heterocycles. The molecule has 2 aromatic carbocycles. The van der Waals surface area contributed by atoms with Gasteiger partial charge in [-0.15, -0.1) is 0 Å². The molecule has 0 aliphatic carbocycles. The normalized spacial score (nSPS) is 11.1. The molecule has 0 bridgehead atoms. The Bertz CT molecular complexity index is 627. The highest BCUT2D eigenvalue weighted by molar-refractivity contribution is 5.92. The summed E-state index contributed by atoms with van der Waals surface area (Å²) in [6, 6.07) is 15.4. The third kappa shape index (κ3) is 4.41. The Morgan fingerprint density at radius 2 is 1.86 bits per heavy atom. The van der Waals surface area contributed by atoms with Crippen LogP contribution in [0, 0.1) is 0 Å². The monoisotopic (exact) mass is 299 g/mol. The summed E-state index contributed by atoms with van der Waals surface area (Å²) in [5.41, 5.74) is 7.84. The quantitative estimate of drug-likeness (QED) is 0.635. The number of aliphatic imine (C=N–C) groups is 1. The number of methoxy groups -OCH3 is 2. The first-order chi connectivity index (χ1) is 10.7. The van der Waals surface area contributed by atoms with E-state index in [1.54, 1.807) is 14.2 Å². The molecular weight excluding hydrogens is 278 g/mol. The van der Waals surface area contributed by atoms with E-state index in [9.17, 15) is 0 Å². The molecule has 0 spiro atoms. The fraction of sp³-hybridized carbons (Fsp3) is 0.235. The number of nitrogens with zero attached hydrogens (tertiary/aromatic N) is 1. The number of hydrogen-bond donors (Lipinski definition) is 2. The van der Waals surface area contributed by atoms with Gasteiger partial charge in [-0.2, -0.15) is 0 Å². The molecule has 0 radical (unpaired) electrons. The number of guanidine groups is 1. The second-order valence-electron chi connectivity index (χ2n) is 4.69. The second-order valence-corrected chi connectivity index (χ2v) is 4.69. The molecule has 0 aliphatic heterocycles. The van der Waals surface area contributed by atoms with Crippen LogP contribution in [-0.2, 0) is 6.42 Å². The Morgan fingerprint density at radius 3 is 2.55 bits per heavy atom. The number of rotatable bonds is 6. The van der Waals surface area contributed by atoms with Crippen molar-refractivity contribution in [1.29, 1.82) is 0 Å². The minimum Gasteiger partial charge on any atom is -0.497 e. The Kier molecular flexibility index (Phi) is 5.65. The van der Waals surface area contributed by atoms with E-state index >= 15 is 0 Å². The lowest BCUT2D eigenvalue weighted by Crippen LogP contribution is -2.23. The first-order valence-corrected chi connectivity index (χ1v) is 7.06. The molecule has 2 aromatic rings. The first-order valence-electron chi connectivity index (χ1n) is 7.06. The van der Waals surface area contributed by atoms with Crippen LogP contribution in [0.4, 0.5) is 5.69 Å². The zero-order chi connectivity index (χ0) is 15.8. The van der Waals surface area contributed by atoms with Crippen LogP contribution in [0.5, 0.6) is 11.5 Å². The maximum Gasteiger partial charge on any atom is 0.193 e. The average Bonchev–Trinajstić information content (AvgIpc) is 2.55. The van der Waals surface area contributed by atoms with E-state index in [2.05, 4.69) is 10.3 Å². The van der Waals surface area contributed by atoms with Crippen molar-refractivity contribution in [2.75, 3.05) is 26.1 Å². The van der Waals surface area contributed by atoms with Crippen molar-refractivity contribution in [3.63, 3.8) is 0 Å². The number of nitrogens with one attached hydrogen (secondary N) is 1. The van der Waals surface area contributed by atoms with Crippen molar-refractivity contribution in [2.24, 2.45) is 10.7 Å². The Hall–Kier alpha value is -2.69. The van der Waals surface area contributed by atoms with Crippen LogP contribution in [0.2, 0.25) is 0 Å². The molecule has 0 amide bonds. The molecule has 0 atom stereocenters. The molecule has 0 saturated carbocycles. The first kappa shape index (κ1) is 15.7. The Balaban J connectivity index is 1.96. The van der Waals surface area contributed by atoms with Crippen molar-refractivity contribution in [3.8, 4) is 11.5 Å². The molecule has 2 rings (SSSR count). The molecule has 0 aliphatic rings. The summed E-state index contributed by atoms with van der Waals surface area (Å²) in [6.45, 7) is 0.565. The van der Waals surface area contributed by atoms with Crippen LogP contribution in [0.15, 0.2) is 53.5 Å². The van der Waals surface area contributed by atoms with Gasteiger partial charge in [0.25, 0.3) is 0 Å². The van der Waals surface area contributed by atoms with Gasteiger partial charge >= 0.3 is 0 Å². The number of benzene rings is 2. The number of para-hydroxylation sites is 1. The molecule has 5 heteroatoms. The number of nitrogens with two attached hydrogens (primary N) is 1. The Morgan fingerprint density at radius 1 is 1.09 bits per heavy atom. The summed E-state index contributed by atoms with van der Waals surface area (Å²) in [5, 5.41) is 3.05. The molecule has 22 heavy (non-hydrogen) atoms. The second kappa shape index (κ2) is 7.93. The maximum absolute atomic E-state index is 5.88. The Labute approximate surface area is 130 Å². The standard InChI is InChI=1S/C17H21N3O2/c1-21-15-8-9-16(22-2)13(12-15)10-11-19-17(18)20-14-6-4-3-5-7-14/h3-9,12H,10-11H2,1-2H3,(H3,18,19,20). The molecule has 0 unspecified atom stereocenters. The van der Waals surface area contributed by atoms with Gasteiger partial charge in [-0.25, -0.2) is 0 Å². The van der Waals surface area contributed by atoms with Crippen LogP contribution in [0.25, 0.3) is 0 Å². The molecule has 0 saturated heterocycles. The zero-order valence-electron chi connectivity index (χ0n) is 12.9. The lowest BCUT2D eigenvalue weighted by atomic mass is 10.1. The average molecular weight is 299 g/mol. The van der Waals surface area contributed by atoms with Crippen molar-refractivity contribution in [3.05, 3.63) is 54.1 Å². The summed E-state index contributed by atoms with van der Waals surface area (Å²) in [7, 11) is 3.30. The van der Waals surface area contributed by atoms with Crippen LogP contribution in [0.1, 0.15) is 5.56 Å². The van der Waals surface area contributed by atoms with Crippen molar-refractivity contribution in [1.82, 2.24) is 0 Å². The van der Waals surface area contributed by atoms with E-state index in [1.165, 1.54) is 0 Å². The van der Waals surface area contributed by atoms with Gasteiger partial charge in [-0.05, 0) is 42.3 Å². The summed E-state index contributed by atoms with van der Waals surface area (Å²) in [5.74, 6) is 2.02. The van der Waals surface area contributed by atoms with Gasteiger partial charge < -0.3 is 20.5 Å². The highest BCUT2D eigenvalue weighted by Gasteiger charge is 2.04. The van der Waals surface area contributed by atoms with Crippen LogP contribution >= 0.6 is 0 Å². The van der Waals surface area contributed by atoms with Crippen LogP contribution in [0.3, 0.4) is 0 Å².